The van der Waals surface area contributed by atoms with Crippen LogP contribution in [0.15, 0.2) is 103 Å². The molecule has 1 atom stereocenters. The molecule has 0 radical (unpaired) electrons. The molecular weight excluding hydrogens is 451 g/mol. The van der Waals surface area contributed by atoms with Crippen molar-refractivity contribution in [2.24, 2.45) is 0 Å². The Balaban J connectivity index is 1.58. The molecule has 4 rings (SSSR count). The molecule has 0 saturated heterocycles. The van der Waals surface area contributed by atoms with Crippen molar-refractivity contribution in [3.8, 4) is 5.75 Å². The Hall–Kier alpha value is -3.91. The summed E-state index contributed by atoms with van der Waals surface area (Å²) in [6.07, 6.45) is 1.71. The first-order chi connectivity index (χ1) is 16.7. The van der Waals surface area contributed by atoms with Crippen LogP contribution in [0.25, 0.3) is 0 Å². The molecule has 3 aromatic carbocycles. The third kappa shape index (κ3) is 5.71. The van der Waals surface area contributed by atoms with E-state index in [4.69, 9.17) is 4.74 Å². The van der Waals surface area contributed by atoms with Gasteiger partial charge < -0.3 is 10.1 Å². The SMILES string of the molecule is C=CCn1c(COc2ccccc2F)nnc1SC(C(=O)Nc1ccccc1)c1ccccc1. The fourth-order valence-electron chi connectivity index (χ4n) is 3.26. The minimum Gasteiger partial charge on any atom is -0.483 e. The summed E-state index contributed by atoms with van der Waals surface area (Å²) >= 11 is 1.28. The third-order valence-electron chi connectivity index (χ3n) is 4.90. The van der Waals surface area contributed by atoms with Gasteiger partial charge in [-0.1, -0.05) is 78.5 Å². The molecule has 0 aliphatic rings. The summed E-state index contributed by atoms with van der Waals surface area (Å²) in [4.78, 5) is 13.3. The van der Waals surface area contributed by atoms with Gasteiger partial charge in [0.1, 0.15) is 11.9 Å². The Morgan fingerprint density at radius 2 is 1.71 bits per heavy atom. The number of ether oxygens (including phenoxy) is 1. The number of nitrogens with zero attached hydrogens (tertiary/aromatic N) is 3. The molecule has 34 heavy (non-hydrogen) atoms. The Kier molecular flexibility index (Phi) is 7.72. The zero-order valence-electron chi connectivity index (χ0n) is 18.3. The Morgan fingerprint density at radius 1 is 1.03 bits per heavy atom. The molecule has 0 bridgehead atoms. The number of carbonyl (C=O) groups excluding carboxylic acids is 1. The van der Waals surface area contributed by atoms with Gasteiger partial charge in [-0.05, 0) is 29.8 Å². The molecule has 0 fully saturated rings. The van der Waals surface area contributed by atoms with Crippen molar-refractivity contribution >= 4 is 23.4 Å². The van der Waals surface area contributed by atoms with Gasteiger partial charge in [-0.2, -0.15) is 0 Å². The second-order valence-electron chi connectivity index (χ2n) is 7.28. The fraction of sp³-hybridized carbons (Fsp3) is 0.115. The third-order valence-corrected chi connectivity index (χ3v) is 6.14. The Morgan fingerprint density at radius 3 is 2.41 bits per heavy atom. The van der Waals surface area contributed by atoms with Crippen LogP contribution in [0, 0.1) is 5.82 Å². The lowest BCUT2D eigenvalue weighted by atomic mass is 10.1. The molecule has 4 aromatic rings. The van der Waals surface area contributed by atoms with Gasteiger partial charge in [0.15, 0.2) is 22.5 Å². The molecule has 6 nitrogen and oxygen atoms in total. The van der Waals surface area contributed by atoms with Gasteiger partial charge in [0.2, 0.25) is 5.91 Å². The standard InChI is InChI=1S/C26H23FN4O2S/c1-2-17-31-23(18-33-22-16-10-9-15-21(22)27)29-30-26(31)34-24(19-11-5-3-6-12-19)25(32)28-20-13-7-4-8-14-20/h2-16,24H,1,17-18H2,(H,28,32). The molecule has 1 N–H and O–H groups in total. The zero-order valence-corrected chi connectivity index (χ0v) is 19.1. The molecule has 1 amide bonds. The summed E-state index contributed by atoms with van der Waals surface area (Å²) in [7, 11) is 0. The summed E-state index contributed by atoms with van der Waals surface area (Å²) in [5.74, 6) is 0.00325. The number of carbonyl (C=O) groups is 1. The van der Waals surface area contributed by atoms with E-state index in [0.717, 1.165) is 5.56 Å². The van der Waals surface area contributed by atoms with Crippen LogP contribution in [0.4, 0.5) is 10.1 Å². The number of amides is 1. The normalized spacial score (nSPS) is 11.6. The van der Waals surface area contributed by atoms with E-state index in [2.05, 4.69) is 22.1 Å². The smallest absolute Gasteiger partial charge is 0.242 e. The van der Waals surface area contributed by atoms with Crippen LogP contribution in [-0.2, 0) is 17.9 Å². The first-order valence-corrected chi connectivity index (χ1v) is 11.5. The van der Waals surface area contributed by atoms with E-state index in [-0.39, 0.29) is 18.3 Å². The average Bonchev–Trinajstić information content (AvgIpc) is 3.24. The fourth-order valence-corrected chi connectivity index (χ4v) is 4.33. The number of thioether (sulfide) groups is 1. The number of rotatable bonds is 10. The van der Waals surface area contributed by atoms with E-state index >= 15 is 0 Å². The minimum absolute atomic E-state index is 0.0224. The van der Waals surface area contributed by atoms with Crippen molar-refractivity contribution in [2.45, 2.75) is 23.6 Å². The van der Waals surface area contributed by atoms with Crippen LogP contribution in [0.1, 0.15) is 16.6 Å². The van der Waals surface area contributed by atoms with Gasteiger partial charge >= 0.3 is 0 Å². The summed E-state index contributed by atoms with van der Waals surface area (Å²) in [5.41, 5.74) is 1.54. The van der Waals surface area contributed by atoms with Crippen LogP contribution in [0.3, 0.4) is 0 Å². The van der Waals surface area contributed by atoms with Crippen molar-refractivity contribution in [1.29, 1.82) is 0 Å². The number of nitrogens with one attached hydrogen (secondary N) is 1. The molecule has 172 valence electrons. The summed E-state index contributed by atoms with van der Waals surface area (Å²) < 4.78 is 21.4. The second-order valence-corrected chi connectivity index (χ2v) is 8.35. The molecular formula is C26H23FN4O2S. The highest BCUT2D eigenvalue weighted by Crippen LogP contribution is 2.36. The van der Waals surface area contributed by atoms with E-state index in [1.807, 2.05) is 65.2 Å². The van der Waals surface area contributed by atoms with E-state index in [9.17, 15) is 9.18 Å². The number of benzene rings is 3. The quantitative estimate of drug-likeness (QED) is 0.237. The van der Waals surface area contributed by atoms with Gasteiger partial charge in [-0.25, -0.2) is 4.39 Å². The van der Waals surface area contributed by atoms with Gasteiger partial charge in [0.25, 0.3) is 0 Å². The monoisotopic (exact) mass is 474 g/mol. The number of hydrogen-bond donors (Lipinski definition) is 1. The molecule has 0 spiro atoms. The van der Waals surface area contributed by atoms with Gasteiger partial charge in [0, 0.05) is 12.2 Å². The maximum atomic E-state index is 13.9. The van der Waals surface area contributed by atoms with E-state index in [1.54, 1.807) is 24.3 Å². The molecule has 1 unspecified atom stereocenters. The lowest BCUT2D eigenvalue weighted by Crippen LogP contribution is -2.19. The van der Waals surface area contributed by atoms with Crippen molar-refractivity contribution in [3.63, 3.8) is 0 Å². The van der Waals surface area contributed by atoms with Crippen molar-refractivity contribution in [2.75, 3.05) is 5.32 Å². The van der Waals surface area contributed by atoms with E-state index in [0.29, 0.717) is 23.2 Å². The number of anilines is 1. The van der Waals surface area contributed by atoms with Crippen LogP contribution in [-0.4, -0.2) is 20.7 Å². The lowest BCUT2D eigenvalue weighted by molar-refractivity contribution is -0.115. The summed E-state index contributed by atoms with van der Waals surface area (Å²) in [6, 6.07) is 25.0. The zero-order chi connectivity index (χ0) is 23.8. The van der Waals surface area contributed by atoms with E-state index in [1.165, 1.54) is 17.8 Å². The maximum absolute atomic E-state index is 13.9. The topological polar surface area (TPSA) is 69.0 Å². The average molecular weight is 475 g/mol. The summed E-state index contributed by atoms with van der Waals surface area (Å²) in [6.45, 7) is 4.24. The van der Waals surface area contributed by atoms with Crippen molar-refractivity contribution in [1.82, 2.24) is 14.8 Å². The molecule has 1 aromatic heterocycles. The predicted molar refractivity (Wildman–Crippen MR) is 131 cm³/mol. The van der Waals surface area contributed by atoms with Crippen molar-refractivity contribution < 1.29 is 13.9 Å². The highest BCUT2D eigenvalue weighted by molar-refractivity contribution is 8.00. The molecule has 0 aliphatic carbocycles. The largest absolute Gasteiger partial charge is 0.483 e. The number of allylic oxidation sites excluding steroid dienone is 1. The van der Waals surface area contributed by atoms with Gasteiger partial charge in [-0.3, -0.25) is 9.36 Å². The molecule has 8 heteroatoms. The number of halogens is 1. The lowest BCUT2D eigenvalue weighted by Gasteiger charge is -2.17. The molecule has 0 aliphatic heterocycles. The molecule has 1 heterocycles. The highest BCUT2D eigenvalue weighted by Gasteiger charge is 2.26. The highest BCUT2D eigenvalue weighted by atomic mass is 32.2. The van der Waals surface area contributed by atoms with Crippen LogP contribution in [0.5, 0.6) is 5.75 Å². The Labute approximate surface area is 201 Å². The van der Waals surface area contributed by atoms with E-state index < -0.39 is 11.1 Å². The van der Waals surface area contributed by atoms with Crippen molar-refractivity contribution in [3.05, 3.63) is 115 Å². The second kappa shape index (κ2) is 11.3. The van der Waals surface area contributed by atoms with Gasteiger partial charge in [0.05, 0.1) is 0 Å². The van der Waals surface area contributed by atoms with Crippen LogP contribution in [0.2, 0.25) is 0 Å². The number of hydrogen-bond acceptors (Lipinski definition) is 5. The number of para-hydroxylation sites is 2. The number of aromatic nitrogens is 3. The minimum atomic E-state index is -0.575. The van der Waals surface area contributed by atoms with Gasteiger partial charge in [-0.15, -0.1) is 16.8 Å². The first-order valence-electron chi connectivity index (χ1n) is 10.6. The van der Waals surface area contributed by atoms with Crippen LogP contribution < -0.4 is 10.1 Å². The van der Waals surface area contributed by atoms with Crippen LogP contribution >= 0.6 is 11.8 Å². The summed E-state index contributed by atoms with van der Waals surface area (Å²) in [5, 5.41) is 11.5. The first kappa shape index (κ1) is 23.3. The Bertz CT molecular complexity index is 1250. The maximum Gasteiger partial charge on any atom is 0.242 e. The molecule has 0 saturated carbocycles. The predicted octanol–water partition coefficient (Wildman–Crippen LogP) is 5.65.